The van der Waals surface area contributed by atoms with E-state index in [1.165, 1.54) is 0 Å². The minimum absolute atomic E-state index is 0.0317. The van der Waals surface area contributed by atoms with E-state index < -0.39 is 6.17 Å². The first-order chi connectivity index (χ1) is 5.95. The van der Waals surface area contributed by atoms with Gasteiger partial charge in [0.2, 0.25) is 0 Å². The van der Waals surface area contributed by atoms with Gasteiger partial charge in [0.15, 0.2) is 0 Å². The molecule has 0 aromatic carbocycles. The molecule has 2 atom stereocenters. The minimum atomic E-state index is -1.03. The van der Waals surface area contributed by atoms with Crippen molar-refractivity contribution in [2.24, 2.45) is 5.92 Å². The standard InChI is InChI=1S/C10H20FNO/c1-10(2,3)12-5-4-8(6-12)9(11)7-13/h8-9,13H,4-7H2,1-3H3. The summed E-state index contributed by atoms with van der Waals surface area (Å²) in [6.07, 6.45) is -0.161. The Morgan fingerprint density at radius 3 is 2.54 bits per heavy atom. The molecule has 0 aliphatic carbocycles. The van der Waals surface area contributed by atoms with Gasteiger partial charge in [-0.15, -0.1) is 0 Å². The molecule has 0 radical (unpaired) electrons. The molecule has 2 unspecified atom stereocenters. The second-order valence-corrected chi connectivity index (χ2v) is 4.86. The van der Waals surface area contributed by atoms with Gasteiger partial charge in [-0.05, 0) is 33.7 Å². The molecule has 0 spiro atoms. The summed E-state index contributed by atoms with van der Waals surface area (Å²) < 4.78 is 13.1. The maximum Gasteiger partial charge on any atom is 0.127 e. The number of alkyl halides is 1. The lowest BCUT2D eigenvalue weighted by molar-refractivity contribution is 0.111. The highest BCUT2D eigenvalue weighted by atomic mass is 19.1. The molecule has 0 aromatic rings. The fraction of sp³-hybridized carbons (Fsp3) is 1.00. The van der Waals surface area contributed by atoms with Crippen LogP contribution in [0.25, 0.3) is 0 Å². The van der Waals surface area contributed by atoms with E-state index in [-0.39, 0.29) is 18.1 Å². The fourth-order valence-electron chi connectivity index (χ4n) is 1.84. The van der Waals surface area contributed by atoms with Crippen molar-refractivity contribution in [3.05, 3.63) is 0 Å². The molecule has 0 aromatic heterocycles. The molecule has 1 aliphatic rings. The van der Waals surface area contributed by atoms with Crippen LogP contribution < -0.4 is 0 Å². The summed E-state index contributed by atoms with van der Waals surface area (Å²) >= 11 is 0. The van der Waals surface area contributed by atoms with E-state index in [1.54, 1.807) is 0 Å². The number of rotatable bonds is 2. The third-order valence-corrected chi connectivity index (χ3v) is 2.86. The predicted molar refractivity (Wildman–Crippen MR) is 51.4 cm³/mol. The minimum Gasteiger partial charge on any atom is -0.393 e. The Morgan fingerprint density at radius 2 is 2.15 bits per heavy atom. The van der Waals surface area contributed by atoms with E-state index in [2.05, 4.69) is 25.7 Å². The van der Waals surface area contributed by atoms with E-state index in [9.17, 15) is 4.39 Å². The van der Waals surface area contributed by atoms with Crippen molar-refractivity contribution in [2.75, 3.05) is 19.7 Å². The molecular formula is C10H20FNO. The van der Waals surface area contributed by atoms with Crippen molar-refractivity contribution < 1.29 is 9.50 Å². The zero-order valence-corrected chi connectivity index (χ0v) is 8.76. The number of aliphatic hydroxyl groups is 1. The van der Waals surface area contributed by atoms with Crippen molar-refractivity contribution in [1.82, 2.24) is 4.90 Å². The molecule has 1 rings (SSSR count). The molecule has 1 saturated heterocycles. The Hall–Kier alpha value is -0.150. The Balaban J connectivity index is 2.45. The number of hydrogen-bond acceptors (Lipinski definition) is 2. The van der Waals surface area contributed by atoms with Gasteiger partial charge in [0.05, 0.1) is 6.61 Å². The molecular weight excluding hydrogens is 169 g/mol. The SMILES string of the molecule is CC(C)(C)N1CCC(C(F)CO)C1. The highest BCUT2D eigenvalue weighted by Crippen LogP contribution is 2.27. The molecule has 0 bridgehead atoms. The number of likely N-dealkylation sites (tertiary alicyclic amines) is 1. The van der Waals surface area contributed by atoms with Crippen molar-refractivity contribution in [1.29, 1.82) is 0 Å². The summed E-state index contributed by atoms with van der Waals surface area (Å²) in [5.74, 6) is 0.0317. The normalized spacial score (nSPS) is 27.9. The number of halogens is 1. The third-order valence-electron chi connectivity index (χ3n) is 2.86. The first-order valence-corrected chi connectivity index (χ1v) is 4.95. The zero-order valence-electron chi connectivity index (χ0n) is 8.76. The highest BCUT2D eigenvalue weighted by molar-refractivity contribution is 4.87. The lowest BCUT2D eigenvalue weighted by Gasteiger charge is -2.31. The van der Waals surface area contributed by atoms with Crippen LogP contribution in [0.15, 0.2) is 0 Å². The number of aliphatic hydroxyl groups excluding tert-OH is 1. The van der Waals surface area contributed by atoms with E-state index in [4.69, 9.17) is 5.11 Å². The predicted octanol–water partition coefficient (Wildman–Crippen LogP) is 1.44. The Morgan fingerprint density at radius 1 is 1.54 bits per heavy atom. The van der Waals surface area contributed by atoms with Gasteiger partial charge in [0.25, 0.3) is 0 Å². The van der Waals surface area contributed by atoms with Gasteiger partial charge in [-0.25, -0.2) is 4.39 Å². The first-order valence-electron chi connectivity index (χ1n) is 4.95. The van der Waals surface area contributed by atoms with E-state index in [1.807, 2.05) is 0 Å². The van der Waals surface area contributed by atoms with E-state index >= 15 is 0 Å². The quantitative estimate of drug-likeness (QED) is 0.710. The first kappa shape index (κ1) is 10.9. The van der Waals surface area contributed by atoms with Crippen LogP contribution in [-0.2, 0) is 0 Å². The average Bonchev–Trinajstić information content (AvgIpc) is 2.50. The van der Waals surface area contributed by atoms with E-state index in [0.29, 0.717) is 0 Å². The topological polar surface area (TPSA) is 23.5 Å². The van der Waals surface area contributed by atoms with Crippen molar-refractivity contribution in [3.63, 3.8) is 0 Å². The lowest BCUT2D eigenvalue weighted by Crippen LogP contribution is -2.40. The van der Waals surface area contributed by atoms with Gasteiger partial charge in [-0.3, -0.25) is 4.90 Å². The van der Waals surface area contributed by atoms with Crippen LogP contribution in [0.3, 0.4) is 0 Å². The molecule has 1 fully saturated rings. The van der Waals surface area contributed by atoms with Crippen LogP contribution in [0.2, 0.25) is 0 Å². The maximum atomic E-state index is 13.1. The van der Waals surface area contributed by atoms with Crippen molar-refractivity contribution >= 4 is 0 Å². The summed E-state index contributed by atoms with van der Waals surface area (Å²) in [5.41, 5.74) is 0.129. The van der Waals surface area contributed by atoms with Gasteiger partial charge in [-0.2, -0.15) is 0 Å². The van der Waals surface area contributed by atoms with E-state index in [0.717, 1.165) is 19.5 Å². The smallest absolute Gasteiger partial charge is 0.127 e. The summed E-state index contributed by atoms with van der Waals surface area (Å²) in [4.78, 5) is 2.28. The van der Waals surface area contributed by atoms with Crippen molar-refractivity contribution in [3.8, 4) is 0 Å². The number of nitrogens with zero attached hydrogens (tertiary/aromatic N) is 1. The Bertz CT molecular complexity index is 167. The van der Waals surface area contributed by atoms with Gasteiger partial charge in [-0.1, -0.05) is 0 Å². The largest absolute Gasteiger partial charge is 0.393 e. The molecule has 2 nitrogen and oxygen atoms in total. The summed E-state index contributed by atoms with van der Waals surface area (Å²) in [6.45, 7) is 7.83. The fourth-order valence-corrected chi connectivity index (χ4v) is 1.84. The van der Waals surface area contributed by atoms with Crippen LogP contribution in [0.1, 0.15) is 27.2 Å². The second-order valence-electron chi connectivity index (χ2n) is 4.86. The molecule has 0 amide bonds. The molecule has 78 valence electrons. The summed E-state index contributed by atoms with van der Waals surface area (Å²) in [5, 5.41) is 8.69. The van der Waals surface area contributed by atoms with Gasteiger partial charge >= 0.3 is 0 Å². The molecule has 1 heterocycles. The molecule has 1 aliphatic heterocycles. The van der Waals surface area contributed by atoms with Crippen LogP contribution in [0.5, 0.6) is 0 Å². The van der Waals surface area contributed by atoms with Crippen LogP contribution >= 0.6 is 0 Å². The Labute approximate surface area is 79.7 Å². The van der Waals surface area contributed by atoms with Gasteiger partial charge in [0.1, 0.15) is 6.17 Å². The molecule has 1 N–H and O–H groups in total. The van der Waals surface area contributed by atoms with Gasteiger partial charge in [0, 0.05) is 18.0 Å². The average molecular weight is 189 g/mol. The zero-order chi connectivity index (χ0) is 10.1. The maximum absolute atomic E-state index is 13.1. The number of hydrogen-bond donors (Lipinski definition) is 1. The lowest BCUT2D eigenvalue weighted by atomic mass is 10.0. The van der Waals surface area contributed by atoms with Gasteiger partial charge < -0.3 is 5.11 Å². The monoisotopic (exact) mass is 189 g/mol. The van der Waals surface area contributed by atoms with Crippen LogP contribution in [-0.4, -0.2) is 41.4 Å². The summed E-state index contributed by atoms with van der Waals surface area (Å²) in [6, 6.07) is 0. The van der Waals surface area contributed by atoms with Crippen molar-refractivity contribution in [2.45, 2.75) is 38.9 Å². The summed E-state index contributed by atoms with van der Waals surface area (Å²) in [7, 11) is 0. The second kappa shape index (κ2) is 3.93. The Kier molecular flexibility index (Phi) is 3.30. The van der Waals surface area contributed by atoms with Crippen LogP contribution in [0.4, 0.5) is 4.39 Å². The third kappa shape index (κ3) is 2.64. The molecule has 13 heavy (non-hydrogen) atoms. The molecule has 3 heteroatoms. The van der Waals surface area contributed by atoms with Crippen LogP contribution in [0, 0.1) is 5.92 Å². The highest BCUT2D eigenvalue weighted by Gasteiger charge is 2.34. The molecule has 0 saturated carbocycles.